The Morgan fingerprint density at radius 3 is 2.47 bits per heavy atom. The summed E-state index contributed by atoms with van der Waals surface area (Å²) in [6.07, 6.45) is 5.22. The average molecular weight is 430 g/mol. The van der Waals surface area contributed by atoms with Crippen LogP contribution in [0.3, 0.4) is 0 Å². The number of hydrogen-bond acceptors (Lipinski definition) is 5. The number of nitrogens with zero attached hydrogens (tertiary/aromatic N) is 4. The molecule has 1 saturated heterocycles. The molecule has 7 nitrogen and oxygen atoms in total. The van der Waals surface area contributed by atoms with Gasteiger partial charge in [0.25, 0.3) is 11.8 Å². The molecule has 0 unspecified atom stereocenters. The van der Waals surface area contributed by atoms with Crippen LogP contribution < -0.4 is 10.2 Å². The van der Waals surface area contributed by atoms with E-state index in [1.54, 1.807) is 4.90 Å². The summed E-state index contributed by atoms with van der Waals surface area (Å²) in [6.45, 7) is 1.03. The fourth-order valence-corrected chi connectivity index (χ4v) is 4.15. The number of anilines is 1. The van der Waals surface area contributed by atoms with E-state index in [1.165, 1.54) is 18.7 Å². The van der Waals surface area contributed by atoms with Crippen molar-refractivity contribution in [1.82, 2.24) is 20.2 Å². The van der Waals surface area contributed by atoms with Gasteiger partial charge in [-0.25, -0.2) is 9.97 Å². The van der Waals surface area contributed by atoms with Crippen LogP contribution in [-0.4, -0.2) is 59.9 Å². The number of aromatic nitrogens is 2. The summed E-state index contributed by atoms with van der Waals surface area (Å²) in [5, 5.41) is 3.20. The number of piperidine rings is 1. The molecule has 1 fully saturated rings. The SMILES string of the molecule is CN(C)c1cccc(C(=O)N[C@H]2CN(C(=O)c3cncnc3)CC[C@H]2c2ccccc2)c1. The lowest BCUT2D eigenvalue weighted by Gasteiger charge is -2.39. The maximum Gasteiger partial charge on any atom is 0.257 e. The second-order valence-corrected chi connectivity index (χ2v) is 8.21. The molecule has 1 aliphatic rings. The van der Waals surface area contributed by atoms with Gasteiger partial charge in [-0.05, 0) is 30.2 Å². The van der Waals surface area contributed by atoms with E-state index in [0.29, 0.717) is 24.2 Å². The highest BCUT2D eigenvalue weighted by molar-refractivity contribution is 5.96. The summed E-state index contributed by atoms with van der Waals surface area (Å²) < 4.78 is 0. The fraction of sp³-hybridized carbons (Fsp3) is 0.280. The van der Waals surface area contributed by atoms with E-state index in [9.17, 15) is 9.59 Å². The van der Waals surface area contributed by atoms with Crippen molar-refractivity contribution in [3.8, 4) is 0 Å². The van der Waals surface area contributed by atoms with E-state index >= 15 is 0 Å². The van der Waals surface area contributed by atoms with Gasteiger partial charge in [0.05, 0.1) is 11.6 Å². The lowest BCUT2D eigenvalue weighted by molar-refractivity contribution is 0.0654. The molecule has 164 valence electrons. The van der Waals surface area contributed by atoms with E-state index in [4.69, 9.17) is 0 Å². The first-order valence-corrected chi connectivity index (χ1v) is 10.7. The van der Waals surface area contributed by atoms with Crippen LogP contribution in [0.5, 0.6) is 0 Å². The van der Waals surface area contributed by atoms with Gasteiger partial charge in [0, 0.05) is 56.7 Å². The van der Waals surface area contributed by atoms with Gasteiger partial charge in [-0.3, -0.25) is 9.59 Å². The fourth-order valence-electron chi connectivity index (χ4n) is 4.15. The van der Waals surface area contributed by atoms with Crippen LogP contribution in [-0.2, 0) is 0 Å². The lowest BCUT2D eigenvalue weighted by Crippen LogP contribution is -2.53. The predicted octanol–water partition coefficient (Wildman–Crippen LogP) is 2.97. The van der Waals surface area contributed by atoms with E-state index in [0.717, 1.165) is 17.7 Å². The molecule has 7 heteroatoms. The van der Waals surface area contributed by atoms with Crippen molar-refractivity contribution in [2.75, 3.05) is 32.1 Å². The number of carbonyl (C=O) groups is 2. The summed E-state index contributed by atoms with van der Waals surface area (Å²) in [4.78, 5) is 37.8. The number of hydrogen-bond donors (Lipinski definition) is 1. The normalized spacial score (nSPS) is 18.1. The van der Waals surface area contributed by atoms with Crippen molar-refractivity contribution in [2.45, 2.75) is 18.4 Å². The predicted molar refractivity (Wildman–Crippen MR) is 124 cm³/mol. The molecule has 1 N–H and O–H groups in total. The molecule has 0 spiro atoms. The molecule has 2 heterocycles. The summed E-state index contributed by atoms with van der Waals surface area (Å²) in [5.41, 5.74) is 3.18. The van der Waals surface area contributed by atoms with Crippen LogP contribution in [0.25, 0.3) is 0 Å². The number of benzene rings is 2. The number of carbonyl (C=O) groups excluding carboxylic acids is 2. The molecule has 1 aromatic heterocycles. The number of likely N-dealkylation sites (tertiary alicyclic amines) is 1. The van der Waals surface area contributed by atoms with Crippen LogP contribution in [0.1, 0.15) is 38.6 Å². The summed E-state index contributed by atoms with van der Waals surface area (Å²) in [7, 11) is 3.89. The Morgan fingerprint density at radius 1 is 1.00 bits per heavy atom. The number of nitrogens with one attached hydrogen (secondary N) is 1. The molecule has 2 atom stereocenters. The second-order valence-electron chi connectivity index (χ2n) is 8.21. The van der Waals surface area contributed by atoms with Crippen LogP contribution in [0, 0.1) is 0 Å². The highest BCUT2D eigenvalue weighted by atomic mass is 16.2. The van der Waals surface area contributed by atoms with Crippen molar-refractivity contribution in [3.05, 3.63) is 90.0 Å². The molecule has 32 heavy (non-hydrogen) atoms. The van der Waals surface area contributed by atoms with Crippen LogP contribution in [0.2, 0.25) is 0 Å². The Morgan fingerprint density at radius 2 is 1.75 bits per heavy atom. The third kappa shape index (κ3) is 4.77. The summed E-state index contributed by atoms with van der Waals surface area (Å²) in [5.74, 6) is -0.142. The van der Waals surface area contributed by atoms with Gasteiger partial charge >= 0.3 is 0 Å². The Balaban J connectivity index is 1.57. The molecular formula is C25H27N5O2. The average Bonchev–Trinajstić information content (AvgIpc) is 2.84. The Kier molecular flexibility index (Phi) is 6.44. The van der Waals surface area contributed by atoms with Gasteiger partial charge in [-0.15, -0.1) is 0 Å². The van der Waals surface area contributed by atoms with E-state index in [2.05, 4.69) is 27.4 Å². The summed E-state index contributed by atoms with van der Waals surface area (Å²) in [6, 6.07) is 17.5. The molecule has 0 aliphatic carbocycles. The monoisotopic (exact) mass is 429 g/mol. The maximum atomic E-state index is 13.2. The molecule has 3 aromatic rings. The van der Waals surface area contributed by atoms with Gasteiger partial charge in [-0.2, -0.15) is 0 Å². The Bertz CT molecular complexity index is 1070. The third-order valence-electron chi connectivity index (χ3n) is 5.88. The van der Waals surface area contributed by atoms with E-state index in [-0.39, 0.29) is 23.8 Å². The number of amides is 2. The van der Waals surface area contributed by atoms with Crippen molar-refractivity contribution in [3.63, 3.8) is 0 Å². The first-order chi connectivity index (χ1) is 15.5. The smallest absolute Gasteiger partial charge is 0.257 e. The minimum atomic E-state index is -0.213. The summed E-state index contributed by atoms with van der Waals surface area (Å²) >= 11 is 0. The van der Waals surface area contributed by atoms with Gasteiger partial charge in [0.15, 0.2) is 0 Å². The zero-order chi connectivity index (χ0) is 22.5. The lowest BCUT2D eigenvalue weighted by atomic mass is 9.85. The van der Waals surface area contributed by atoms with E-state index < -0.39 is 0 Å². The molecule has 0 saturated carbocycles. The Hall–Kier alpha value is -3.74. The first kappa shape index (κ1) is 21.5. The van der Waals surface area contributed by atoms with Crippen molar-refractivity contribution >= 4 is 17.5 Å². The van der Waals surface area contributed by atoms with Crippen LogP contribution >= 0.6 is 0 Å². The van der Waals surface area contributed by atoms with Crippen molar-refractivity contribution in [2.24, 2.45) is 0 Å². The minimum Gasteiger partial charge on any atom is -0.378 e. The van der Waals surface area contributed by atoms with E-state index in [1.807, 2.05) is 61.5 Å². The topological polar surface area (TPSA) is 78.4 Å². The molecule has 1 aliphatic heterocycles. The molecule has 2 amide bonds. The van der Waals surface area contributed by atoms with Gasteiger partial charge in [0.2, 0.25) is 0 Å². The van der Waals surface area contributed by atoms with Gasteiger partial charge in [-0.1, -0.05) is 36.4 Å². The third-order valence-corrected chi connectivity index (χ3v) is 5.88. The largest absolute Gasteiger partial charge is 0.378 e. The zero-order valence-electron chi connectivity index (χ0n) is 18.3. The van der Waals surface area contributed by atoms with Gasteiger partial charge in [0.1, 0.15) is 6.33 Å². The highest BCUT2D eigenvalue weighted by Gasteiger charge is 2.34. The van der Waals surface area contributed by atoms with Crippen molar-refractivity contribution < 1.29 is 9.59 Å². The molecule has 0 bridgehead atoms. The number of rotatable bonds is 5. The first-order valence-electron chi connectivity index (χ1n) is 10.7. The maximum absolute atomic E-state index is 13.2. The quantitative estimate of drug-likeness (QED) is 0.675. The molecule has 2 aromatic carbocycles. The van der Waals surface area contributed by atoms with Gasteiger partial charge < -0.3 is 15.1 Å². The second kappa shape index (κ2) is 9.60. The molecule has 4 rings (SSSR count). The standard InChI is InChI=1S/C25H27N5O2/c1-29(2)21-10-6-9-19(13-21)24(31)28-23-16-30(25(32)20-14-26-17-27-15-20)12-11-22(23)18-7-4-3-5-8-18/h3-10,13-15,17,22-23H,11-12,16H2,1-2H3,(H,28,31)/t22-,23-/m0/s1. The van der Waals surface area contributed by atoms with Crippen molar-refractivity contribution in [1.29, 1.82) is 0 Å². The Labute approximate surface area is 188 Å². The van der Waals surface area contributed by atoms with Crippen LogP contribution in [0.4, 0.5) is 5.69 Å². The molecule has 0 radical (unpaired) electrons. The minimum absolute atomic E-state index is 0.119. The van der Waals surface area contributed by atoms with Crippen LogP contribution in [0.15, 0.2) is 73.3 Å². The highest BCUT2D eigenvalue weighted by Crippen LogP contribution is 2.29. The molecular weight excluding hydrogens is 402 g/mol. The zero-order valence-corrected chi connectivity index (χ0v) is 18.3.